The van der Waals surface area contributed by atoms with E-state index in [0.29, 0.717) is 0 Å². The first-order valence-electron chi connectivity index (χ1n) is 3.07. The zero-order chi connectivity index (χ0) is 11.6. The van der Waals surface area contributed by atoms with Gasteiger partial charge in [-0.1, -0.05) is 0 Å². The van der Waals surface area contributed by atoms with E-state index in [2.05, 4.69) is 0 Å². The van der Waals surface area contributed by atoms with E-state index in [1.165, 1.54) is 0 Å². The van der Waals surface area contributed by atoms with Crippen molar-refractivity contribution in [1.29, 1.82) is 0 Å². The minimum Gasteiger partial charge on any atom is -0.478 e. The third kappa shape index (κ3) is 2.64. The highest BCUT2D eigenvalue weighted by atomic mass is 19.3. The van der Waals surface area contributed by atoms with Gasteiger partial charge in [-0.15, -0.1) is 0 Å². The molecule has 0 fully saturated rings. The summed E-state index contributed by atoms with van der Waals surface area (Å²) in [4.78, 5) is 9.69. The molecule has 0 saturated heterocycles. The number of rotatable bonds is 4. The van der Waals surface area contributed by atoms with Crippen molar-refractivity contribution in [2.24, 2.45) is 0 Å². The molecule has 0 amide bonds. The molecule has 1 N–H and O–H groups in total. The Balaban J connectivity index is 4.85. The summed E-state index contributed by atoms with van der Waals surface area (Å²) >= 11 is 0. The lowest BCUT2D eigenvalue weighted by atomic mass is 10.1. The van der Waals surface area contributed by atoms with Crippen LogP contribution in [0.3, 0.4) is 0 Å². The average molecular weight is 222 g/mol. The van der Waals surface area contributed by atoms with Gasteiger partial charge in [0, 0.05) is 6.08 Å². The zero-order valence-electron chi connectivity index (χ0n) is 6.36. The molecule has 82 valence electrons. The smallest absolute Gasteiger partial charge is 0.372 e. The monoisotopic (exact) mass is 222 g/mol. The van der Waals surface area contributed by atoms with E-state index in [9.17, 15) is 31.1 Å². The van der Waals surface area contributed by atoms with Crippen LogP contribution in [0.5, 0.6) is 0 Å². The predicted octanol–water partition coefficient (Wildman–Crippen LogP) is 2.16. The Kier molecular flexibility index (Phi) is 3.55. The van der Waals surface area contributed by atoms with Gasteiger partial charge in [-0.3, -0.25) is 0 Å². The highest BCUT2D eigenvalue weighted by molar-refractivity contribution is 5.79. The van der Waals surface area contributed by atoms with Gasteiger partial charge in [0.05, 0.1) is 0 Å². The first-order chi connectivity index (χ1) is 6.11. The average Bonchev–Trinajstić information content (AvgIpc) is 2.00. The van der Waals surface area contributed by atoms with Crippen LogP contribution in [0.15, 0.2) is 12.2 Å². The molecule has 0 unspecified atom stereocenters. The summed E-state index contributed by atoms with van der Waals surface area (Å²) in [6.45, 7) is 0. The number of carboxylic acids is 1. The maximum atomic E-state index is 12.2. The largest absolute Gasteiger partial charge is 0.478 e. The standard InChI is InChI=1S/C6H4F6O2/c7-4(8)6(11,12)5(9,10)2-1-3(13)14/h1-2,4H,(H,13,14). The maximum absolute atomic E-state index is 12.2. The minimum absolute atomic E-state index is 0.323. The normalized spacial score (nSPS) is 13.9. The van der Waals surface area contributed by atoms with Crippen LogP contribution < -0.4 is 0 Å². The van der Waals surface area contributed by atoms with Crippen LogP contribution in [0.4, 0.5) is 26.3 Å². The zero-order valence-corrected chi connectivity index (χ0v) is 6.36. The lowest BCUT2D eigenvalue weighted by Crippen LogP contribution is -2.44. The molecule has 0 atom stereocenters. The van der Waals surface area contributed by atoms with Crippen LogP contribution in [-0.2, 0) is 4.79 Å². The van der Waals surface area contributed by atoms with Crippen molar-refractivity contribution in [2.75, 3.05) is 0 Å². The first kappa shape index (κ1) is 12.8. The molecule has 0 aromatic rings. The SMILES string of the molecule is O=C(O)C=CC(F)(F)C(F)(F)C(F)F. The summed E-state index contributed by atoms with van der Waals surface area (Å²) < 4.78 is 71.4. The summed E-state index contributed by atoms with van der Waals surface area (Å²) in [5.74, 6) is -12.7. The number of halogens is 6. The van der Waals surface area contributed by atoms with Crippen LogP contribution in [-0.4, -0.2) is 29.3 Å². The first-order valence-corrected chi connectivity index (χ1v) is 3.07. The molecule has 0 bridgehead atoms. The van der Waals surface area contributed by atoms with Gasteiger partial charge in [0.1, 0.15) is 0 Å². The number of allylic oxidation sites excluding steroid dienone is 1. The number of carbonyl (C=O) groups is 1. The fourth-order valence-electron chi connectivity index (χ4n) is 0.433. The van der Waals surface area contributed by atoms with E-state index in [4.69, 9.17) is 5.11 Å². The second-order valence-electron chi connectivity index (χ2n) is 2.22. The fourth-order valence-corrected chi connectivity index (χ4v) is 0.433. The van der Waals surface area contributed by atoms with Crippen molar-refractivity contribution < 1.29 is 36.2 Å². The second-order valence-corrected chi connectivity index (χ2v) is 2.22. The number of carboxylic acid groups (broad SMARTS) is 1. The lowest BCUT2D eigenvalue weighted by Gasteiger charge is -2.22. The molecule has 0 heterocycles. The Labute approximate surface area is 73.8 Å². The van der Waals surface area contributed by atoms with Gasteiger partial charge in [-0.2, -0.15) is 17.6 Å². The van der Waals surface area contributed by atoms with E-state index >= 15 is 0 Å². The Bertz CT molecular complexity index is 247. The van der Waals surface area contributed by atoms with Crippen molar-refractivity contribution in [1.82, 2.24) is 0 Å². The molecular formula is C6H4F6O2. The van der Waals surface area contributed by atoms with Gasteiger partial charge >= 0.3 is 24.2 Å². The Morgan fingerprint density at radius 3 is 1.93 bits per heavy atom. The molecule has 0 aromatic heterocycles. The molecule has 0 aromatic carbocycles. The summed E-state index contributed by atoms with van der Waals surface area (Å²) in [7, 11) is 0. The molecule has 0 aliphatic rings. The third-order valence-corrected chi connectivity index (χ3v) is 1.15. The quantitative estimate of drug-likeness (QED) is 0.584. The van der Waals surface area contributed by atoms with Crippen LogP contribution in [0, 0.1) is 0 Å². The van der Waals surface area contributed by atoms with Crippen molar-refractivity contribution in [3.8, 4) is 0 Å². The van der Waals surface area contributed by atoms with Crippen LogP contribution >= 0.6 is 0 Å². The van der Waals surface area contributed by atoms with E-state index < -0.39 is 30.3 Å². The summed E-state index contributed by atoms with van der Waals surface area (Å²) in [5, 5.41) is 7.83. The topological polar surface area (TPSA) is 37.3 Å². The molecule has 0 spiro atoms. The number of alkyl halides is 6. The summed E-state index contributed by atoms with van der Waals surface area (Å²) in [6.07, 6.45) is -5.67. The van der Waals surface area contributed by atoms with Crippen LogP contribution in [0.1, 0.15) is 0 Å². The van der Waals surface area contributed by atoms with Gasteiger partial charge in [-0.25, -0.2) is 13.6 Å². The van der Waals surface area contributed by atoms with Gasteiger partial charge in [0.25, 0.3) is 0 Å². The fraction of sp³-hybridized carbons (Fsp3) is 0.500. The molecule has 0 aliphatic heterocycles. The Hall–Kier alpha value is -1.21. The third-order valence-electron chi connectivity index (χ3n) is 1.15. The van der Waals surface area contributed by atoms with Crippen LogP contribution in [0.2, 0.25) is 0 Å². The molecular weight excluding hydrogens is 218 g/mol. The number of hydrogen-bond acceptors (Lipinski definition) is 1. The molecule has 0 radical (unpaired) electrons. The highest BCUT2D eigenvalue weighted by Gasteiger charge is 2.61. The number of hydrogen-bond donors (Lipinski definition) is 1. The maximum Gasteiger partial charge on any atom is 0.372 e. The molecule has 0 rings (SSSR count). The lowest BCUT2D eigenvalue weighted by molar-refractivity contribution is -0.241. The minimum atomic E-state index is -5.58. The van der Waals surface area contributed by atoms with Crippen LogP contribution in [0.25, 0.3) is 0 Å². The molecule has 8 heteroatoms. The number of aliphatic carboxylic acids is 1. The molecule has 14 heavy (non-hydrogen) atoms. The van der Waals surface area contributed by atoms with Crippen molar-refractivity contribution in [3.63, 3.8) is 0 Å². The van der Waals surface area contributed by atoms with Gasteiger partial charge < -0.3 is 5.11 Å². The van der Waals surface area contributed by atoms with Gasteiger partial charge in [0.2, 0.25) is 0 Å². The van der Waals surface area contributed by atoms with E-state index in [0.717, 1.165) is 0 Å². The van der Waals surface area contributed by atoms with Crippen molar-refractivity contribution in [2.45, 2.75) is 18.3 Å². The van der Waals surface area contributed by atoms with Gasteiger partial charge in [0.15, 0.2) is 0 Å². The van der Waals surface area contributed by atoms with E-state index in [1.807, 2.05) is 0 Å². The van der Waals surface area contributed by atoms with Crippen molar-refractivity contribution >= 4 is 5.97 Å². The Morgan fingerprint density at radius 1 is 1.21 bits per heavy atom. The van der Waals surface area contributed by atoms with Crippen molar-refractivity contribution in [3.05, 3.63) is 12.2 Å². The summed E-state index contributed by atoms with van der Waals surface area (Å²) in [6, 6.07) is 0. The molecule has 2 nitrogen and oxygen atoms in total. The van der Waals surface area contributed by atoms with Gasteiger partial charge in [-0.05, 0) is 6.08 Å². The molecule has 0 saturated carbocycles. The Morgan fingerprint density at radius 2 is 1.64 bits per heavy atom. The highest BCUT2D eigenvalue weighted by Crippen LogP contribution is 2.39. The van der Waals surface area contributed by atoms with E-state index in [1.54, 1.807) is 0 Å². The summed E-state index contributed by atoms with van der Waals surface area (Å²) in [5.41, 5.74) is 0. The molecule has 0 aliphatic carbocycles. The van der Waals surface area contributed by atoms with E-state index in [-0.39, 0.29) is 6.08 Å². The predicted molar refractivity (Wildman–Crippen MR) is 32.7 cm³/mol. The second kappa shape index (κ2) is 3.89.